The Morgan fingerprint density at radius 2 is 2.15 bits per heavy atom. The SMILES string of the molecule is Cc1cc(N2CCCC(C)(c3nncn3C)C2)ncn1. The second-order valence-corrected chi connectivity index (χ2v) is 5.87. The lowest BCUT2D eigenvalue weighted by Crippen LogP contribution is -2.46. The van der Waals surface area contributed by atoms with Gasteiger partial charge < -0.3 is 9.47 Å². The predicted octanol–water partition coefficient (Wildman–Crippen LogP) is 1.47. The lowest BCUT2D eigenvalue weighted by atomic mass is 9.81. The standard InChI is InChI=1S/C14H20N6/c1-11-7-12(16-9-15-11)20-6-4-5-14(2,8-20)13-18-17-10-19(13)3/h7,9-10H,4-6,8H2,1-3H3. The normalized spacial score (nSPS) is 23.1. The zero-order valence-corrected chi connectivity index (χ0v) is 12.2. The molecule has 3 heterocycles. The Labute approximate surface area is 118 Å². The van der Waals surface area contributed by atoms with Crippen LogP contribution in [0.4, 0.5) is 5.82 Å². The Balaban J connectivity index is 1.88. The molecule has 0 spiro atoms. The highest BCUT2D eigenvalue weighted by atomic mass is 15.3. The van der Waals surface area contributed by atoms with E-state index in [2.05, 4.69) is 32.0 Å². The number of rotatable bonds is 2. The summed E-state index contributed by atoms with van der Waals surface area (Å²) in [5.41, 5.74) is 1.02. The van der Waals surface area contributed by atoms with E-state index in [0.29, 0.717) is 0 Å². The van der Waals surface area contributed by atoms with Gasteiger partial charge in [0, 0.05) is 37.3 Å². The summed E-state index contributed by atoms with van der Waals surface area (Å²) in [7, 11) is 2.01. The Kier molecular flexibility index (Phi) is 3.16. The Bertz CT molecular complexity index is 607. The molecule has 106 valence electrons. The molecule has 20 heavy (non-hydrogen) atoms. The van der Waals surface area contributed by atoms with Gasteiger partial charge in [0.05, 0.1) is 0 Å². The molecule has 1 fully saturated rings. The number of aromatic nitrogens is 5. The summed E-state index contributed by atoms with van der Waals surface area (Å²) in [5.74, 6) is 2.05. The minimum atomic E-state index is 0.0162. The highest BCUT2D eigenvalue weighted by molar-refractivity contribution is 5.40. The van der Waals surface area contributed by atoms with Crippen LogP contribution in [0.5, 0.6) is 0 Å². The Hall–Kier alpha value is -1.98. The van der Waals surface area contributed by atoms with Crippen LogP contribution in [-0.4, -0.2) is 37.8 Å². The largest absolute Gasteiger partial charge is 0.356 e. The van der Waals surface area contributed by atoms with E-state index in [1.807, 2.05) is 24.6 Å². The molecule has 1 aliphatic heterocycles. The van der Waals surface area contributed by atoms with Gasteiger partial charge in [-0.1, -0.05) is 6.92 Å². The molecule has 0 aliphatic carbocycles. The maximum Gasteiger partial charge on any atom is 0.140 e. The number of hydrogen-bond acceptors (Lipinski definition) is 5. The lowest BCUT2D eigenvalue weighted by molar-refractivity contribution is 0.345. The molecule has 0 N–H and O–H groups in total. The van der Waals surface area contributed by atoms with Crippen molar-refractivity contribution in [1.29, 1.82) is 0 Å². The van der Waals surface area contributed by atoms with E-state index in [0.717, 1.165) is 43.3 Å². The van der Waals surface area contributed by atoms with Gasteiger partial charge in [-0.2, -0.15) is 0 Å². The van der Waals surface area contributed by atoms with Crippen LogP contribution in [0.1, 0.15) is 31.3 Å². The van der Waals surface area contributed by atoms with Gasteiger partial charge in [-0.3, -0.25) is 0 Å². The van der Waals surface area contributed by atoms with Crippen molar-refractivity contribution in [3.63, 3.8) is 0 Å². The average molecular weight is 272 g/mol. The van der Waals surface area contributed by atoms with Gasteiger partial charge in [0.25, 0.3) is 0 Å². The second-order valence-electron chi connectivity index (χ2n) is 5.87. The van der Waals surface area contributed by atoms with E-state index in [1.165, 1.54) is 0 Å². The second kappa shape index (κ2) is 4.85. The van der Waals surface area contributed by atoms with Crippen molar-refractivity contribution in [2.24, 2.45) is 7.05 Å². The quantitative estimate of drug-likeness (QED) is 0.828. The molecule has 6 heteroatoms. The first-order valence-corrected chi connectivity index (χ1v) is 6.96. The van der Waals surface area contributed by atoms with Crippen LogP contribution in [0.2, 0.25) is 0 Å². The Morgan fingerprint density at radius 3 is 2.85 bits per heavy atom. The molecule has 0 amide bonds. The molecule has 2 aromatic heterocycles. The smallest absolute Gasteiger partial charge is 0.140 e. The fraction of sp³-hybridized carbons (Fsp3) is 0.571. The fourth-order valence-electron chi connectivity index (χ4n) is 3.06. The first-order valence-electron chi connectivity index (χ1n) is 6.96. The van der Waals surface area contributed by atoms with Crippen LogP contribution in [0.15, 0.2) is 18.7 Å². The summed E-state index contributed by atoms with van der Waals surface area (Å²) >= 11 is 0. The molecule has 0 aromatic carbocycles. The van der Waals surface area contributed by atoms with Crippen molar-refractivity contribution in [1.82, 2.24) is 24.7 Å². The third-order valence-electron chi connectivity index (χ3n) is 4.06. The molecule has 1 saturated heterocycles. The van der Waals surface area contributed by atoms with Crippen LogP contribution in [-0.2, 0) is 12.5 Å². The topological polar surface area (TPSA) is 59.7 Å². The molecule has 0 saturated carbocycles. The van der Waals surface area contributed by atoms with Crippen molar-refractivity contribution >= 4 is 5.82 Å². The van der Waals surface area contributed by atoms with Crippen LogP contribution in [0.3, 0.4) is 0 Å². The van der Waals surface area contributed by atoms with E-state index in [4.69, 9.17) is 0 Å². The van der Waals surface area contributed by atoms with Gasteiger partial charge in [-0.15, -0.1) is 10.2 Å². The predicted molar refractivity (Wildman–Crippen MR) is 76.6 cm³/mol. The third kappa shape index (κ3) is 2.26. The number of hydrogen-bond donors (Lipinski definition) is 0. The summed E-state index contributed by atoms with van der Waals surface area (Å²) in [6, 6.07) is 2.04. The van der Waals surface area contributed by atoms with Crippen LogP contribution < -0.4 is 4.90 Å². The van der Waals surface area contributed by atoms with Crippen molar-refractivity contribution in [3.05, 3.63) is 30.2 Å². The van der Waals surface area contributed by atoms with E-state index < -0.39 is 0 Å². The van der Waals surface area contributed by atoms with Crippen molar-refractivity contribution in [3.8, 4) is 0 Å². The first kappa shape index (κ1) is 13.0. The highest BCUT2D eigenvalue weighted by Crippen LogP contribution is 2.33. The minimum Gasteiger partial charge on any atom is -0.356 e. The molecule has 0 bridgehead atoms. The minimum absolute atomic E-state index is 0.0162. The molecule has 1 unspecified atom stereocenters. The maximum atomic E-state index is 4.40. The third-order valence-corrected chi connectivity index (χ3v) is 4.06. The number of anilines is 1. The van der Waals surface area contributed by atoms with Gasteiger partial charge in [-0.05, 0) is 19.8 Å². The van der Waals surface area contributed by atoms with Crippen LogP contribution >= 0.6 is 0 Å². The molecule has 0 radical (unpaired) electrons. The zero-order chi connectivity index (χ0) is 14.2. The molecule has 6 nitrogen and oxygen atoms in total. The summed E-state index contributed by atoms with van der Waals surface area (Å²) in [6.07, 6.45) is 5.67. The molecule has 1 aliphatic rings. The van der Waals surface area contributed by atoms with Gasteiger partial charge in [0.15, 0.2) is 0 Å². The maximum absolute atomic E-state index is 4.40. The fourth-order valence-corrected chi connectivity index (χ4v) is 3.06. The number of piperidine rings is 1. The molecule has 1 atom stereocenters. The first-order chi connectivity index (χ1) is 9.58. The van der Waals surface area contributed by atoms with Crippen molar-refractivity contribution < 1.29 is 0 Å². The number of nitrogens with zero attached hydrogens (tertiary/aromatic N) is 6. The van der Waals surface area contributed by atoms with E-state index in [-0.39, 0.29) is 5.41 Å². The van der Waals surface area contributed by atoms with Gasteiger partial charge >= 0.3 is 0 Å². The van der Waals surface area contributed by atoms with Crippen LogP contribution in [0, 0.1) is 6.92 Å². The summed E-state index contributed by atoms with van der Waals surface area (Å²) in [6.45, 7) is 6.20. The van der Waals surface area contributed by atoms with Gasteiger partial charge in [-0.25, -0.2) is 9.97 Å². The molecular weight excluding hydrogens is 252 g/mol. The summed E-state index contributed by atoms with van der Waals surface area (Å²) < 4.78 is 2.02. The number of aryl methyl sites for hydroxylation is 2. The highest BCUT2D eigenvalue weighted by Gasteiger charge is 2.36. The summed E-state index contributed by atoms with van der Waals surface area (Å²) in [5, 5.41) is 8.33. The zero-order valence-electron chi connectivity index (χ0n) is 12.2. The van der Waals surface area contributed by atoms with Gasteiger partial charge in [0.2, 0.25) is 0 Å². The molecular formula is C14H20N6. The molecule has 2 aromatic rings. The lowest BCUT2D eigenvalue weighted by Gasteiger charge is -2.40. The molecule has 3 rings (SSSR count). The average Bonchev–Trinajstić information content (AvgIpc) is 2.86. The van der Waals surface area contributed by atoms with Crippen LogP contribution in [0.25, 0.3) is 0 Å². The summed E-state index contributed by atoms with van der Waals surface area (Å²) in [4.78, 5) is 10.9. The van der Waals surface area contributed by atoms with Crippen molar-refractivity contribution in [2.45, 2.75) is 32.1 Å². The van der Waals surface area contributed by atoms with E-state index in [9.17, 15) is 0 Å². The van der Waals surface area contributed by atoms with Crippen molar-refractivity contribution in [2.75, 3.05) is 18.0 Å². The Morgan fingerprint density at radius 1 is 1.30 bits per heavy atom. The monoisotopic (exact) mass is 272 g/mol. The van der Waals surface area contributed by atoms with Gasteiger partial charge in [0.1, 0.15) is 24.3 Å². The van der Waals surface area contributed by atoms with E-state index >= 15 is 0 Å². The van der Waals surface area contributed by atoms with E-state index in [1.54, 1.807) is 12.7 Å².